The summed E-state index contributed by atoms with van der Waals surface area (Å²) < 4.78 is 21.8. The zero-order valence-electron chi connectivity index (χ0n) is 9.23. The van der Waals surface area contributed by atoms with Crippen LogP contribution >= 0.6 is 11.8 Å². The van der Waals surface area contributed by atoms with Gasteiger partial charge in [0, 0.05) is 6.26 Å². The fourth-order valence-electron chi connectivity index (χ4n) is 0.582. The lowest BCUT2D eigenvalue weighted by atomic mass is 10.2. The Morgan fingerprint density at radius 3 is 2.47 bits per heavy atom. The fraction of sp³-hybridized carbons (Fsp3) is 0.750. The highest BCUT2D eigenvalue weighted by atomic mass is 32.2. The zero-order chi connectivity index (χ0) is 12.1. The molecule has 86 valence electrons. The van der Waals surface area contributed by atoms with Gasteiger partial charge >= 0.3 is 0 Å². The number of sulfone groups is 1. The SMILES string of the molecule is CSC(=NCC(C)(C)S(C)(=O)=O)NC#N. The second-order valence-electron chi connectivity index (χ2n) is 3.59. The molecule has 0 aliphatic carbocycles. The average molecular weight is 249 g/mol. The van der Waals surface area contributed by atoms with Gasteiger partial charge in [-0.15, -0.1) is 0 Å². The van der Waals surface area contributed by atoms with Gasteiger partial charge in [-0.2, -0.15) is 5.26 Å². The van der Waals surface area contributed by atoms with Gasteiger partial charge in [-0.25, -0.2) is 8.42 Å². The van der Waals surface area contributed by atoms with Crippen LogP contribution in [0.3, 0.4) is 0 Å². The van der Waals surface area contributed by atoms with Crippen LogP contribution in [0.2, 0.25) is 0 Å². The zero-order valence-corrected chi connectivity index (χ0v) is 10.9. The van der Waals surface area contributed by atoms with Crippen LogP contribution < -0.4 is 5.32 Å². The van der Waals surface area contributed by atoms with Crippen molar-refractivity contribution in [2.24, 2.45) is 4.99 Å². The Morgan fingerprint density at radius 1 is 1.60 bits per heavy atom. The largest absolute Gasteiger partial charge is 0.272 e. The van der Waals surface area contributed by atoms with Crippen LogP contribution in [0.25, 0.3) is 0 Å². The molecule has 15 heavy (non-hydrogen) atoms. The van der Waals surface area contributed by atoms with Gasteiger partial charge in [-0.3, -0.25) is 10.3 Å². The summed E-state index contributed by atoms with van der Waals surface area (Å²) in [6.45, 7) is 3.35. The van der Waals surface area contributed by atoms with E-state index in [4.69, 9.17) is 5.26 Å². The average Bonchev–Trinajstić information content (AvgIpc) is 2.10. The minimum absolute atomic E-state index is 0.136. The summed E-state index contributed by atoms with van der Waals surface area (Å²) in [6, 6.07) is 0. The predicted molar refractivity (Wildman–Crippen MR) is 63.5 cm³/mol. The van der Waals surface area contributed by atoms with E-state index in [-0.39, 0.29) is 6.54 Å². The molecular weight excluding hydrogens is 234 g/mol. The maximum Gasteiger partial charge on any atom is 0.183 e. The molecule has 0 unspecified atom stereocenters. The lowest BCUT2D eigenvalue weighted by Crippen LogP contribution is -2.35. The predicted octanol–water partition coefficient (Wildman–Crippen LogP) is 0.599. The van der Waals surface area contributed by atoms with Gasteiger partial charge in [-0.1, -0.05) is 11.8 Å². The van der Waals surface area contributed by atoms with Crippen LogP contribution in [0.5, 0.6) is 0 Å². The van der Waals surface area contributed by atoms with E-state index in [0.717, 1.165) is 0 Å². The van der Waals surface area contributed by atoms with E-state index in [9.17, 15) is 8.42 Å². The van der Waals surface area contributed by atoms with Crippen molar-refractivity contribution in [2.75, 3.05) is 19.1 Å². The number of rotatable bonds is 3. The van der Waals surface area contributed by atoms with E-state index in [1.54, 1.807) is 26.3 Å². The van der Waals surface area contributed by atoms with Crippen molar-refractivity contribution in [3.8, 4) is 6.19 Å². The van der Waals surface area contributed by atoms with Crippen LogP contribution in [0, 0.1) is 11.5 Å². The van der Waals surface area contributed by atoms with Crippen LogP contribution in [-0.2, 0) is 9.84 Å². The monoisotopic (exact) mass is 249 g/mol. The van der Waals surface area contributed by atoms with Crippen LogP contribution in [0.15, 0.2) is 4.99 Å². The molecule has 7 heteroatoms. The molecule has 0 aromatic rings. The molecule has 0 aliphatic heterocycles. The molecule has 0 bridgehead atoms. The number of nitrogens with zero attached hydrogens (tertiary/aromatic N) is 2. The molecule has 0 amide bonds. The highest BCUT2D eigenvalue weighted by Gasteiger charge is 2.29. The third-order valence-electron chi connectivity index (χ3n) is 1.96. The number of nitriles is 1. The lowest BCUT2D eigenvalue weighted by Gasteiger charge is -2.19. The van der Waals surface area contributed by atoms with Gasteiger partial charge in [0.1, 0.15) is 0 Å². The Kier molecular flexibility index (Phi) is 5.11. The molecule has 0 aliphatic rings. The maximum atomic E-state index is 11.4. The normalized spacial score (nSPS) is 13.4. The molecule has 0 rings (SSSR count). The van der Waals surface area contributed by atoms with Crippen molar-refractivity contribution in [3.63, 3.8) is 0 Å². The Bertz CT molecular complexity index is 379. The van der Waals surface area contributed by atoms with Crippen molar-refractivity contribution in [3.05, 3.63) is 0 Å². The highest BCUT2D eigenvalue weighted by molar-refractivity contribution is 8.13. The van der Waals surface area contributed by atoms with Crippen molar-refractivity contribution in [1.29, 1.82) is 5.26 Å². The van der Waals surface area contributed by atoms with Gasteiger partial charge in [-0.05, 0) is 20.1 Å². The number of hydrogen-bond acceptors (Lipinski definition) is 5. The quantitative estimate of drug-likeness (QED) is 0.343. The van der Waals surface area contributed by atoms with E-state index in [1.165, 1.54) is 18.0 Å². The van der Waals surface area contributed by atoms with Gasteiger partial charge in [0.05, 0.1) is 11.3 Å². The van der Waals surface area contributed by atoms with E-state index in [1.807, 2.05) is 0 Å². The smallest absolute Gasteiger partial charge is 0.183 e. The third-order valence-corrected chi connectivity index (χ3v) is 4.72. The Labute approximate surface area is 94.9 Å². The number of hydrogen-bond donors (Lipinski definition) is 1. The summed E-state index contributed by atoms with van der Waals surface area (Å²) in [5, 5.41) is 11.2. The first-order valence-corrected chi connectivity index (χ1v) is 7.29. The standard InChI is InChI=1S/C8H15N3O2S2/c1-8(2,15(4,12)13)5-10-7(14-3)11-6-9/h5H2,1-4H3,(H,10,11). The first kappa shape index (κ1) is 14.3. The molecule has 5 nitrogen and oxygen atoms in total. The second-order valence-corrected chi connectivity index (χ2v) is 7.04. The van der Waals surface area contributed by atoms with Crippen LogP contribution in [0.1, 0.15) is 13.8 Å². The van der Waals surface area contributed by atoms with Gasteiger partial charge < -0.3 is 0 Å². The Morgan fingerprint density at radius 2 is 2.13 bits per heavy atom. The maximum absolute atomic E-state index is 11.4. The number of thioether (sulfide) groups is 1. The molecule has 0 radical (unpaired) electrons. The van der Waals surface area contributed by atoms with Crippen molar-refractivity contribution in [1.82, 2.24) is 5.32 Å². The first-order valence-electron chi connectivity index (χ1n) is 4.18. The summed E-state index contributed by atoms with van der Waals surface area (Å²) in [7, 11) is -3.15. The molecule has 0 aromatic heterocycles. The minimum atomic E-state index is -3.15. The number of aliphatic imine (C=N–C) groups is 1. The molecule has 0 saturated carbocycles. The molecular formula is C8H15N3O2S2. The summed E-state index contributed by atoms with van der Waals surface area (Å²) in [5.74, 6) is 0. The van der Waals surface area contributed by atoms with E-state index >= 15 is 0 Å². The molecule has 0 atom stereocenters. The van der Waals surface area contributed by atoms with Crippen molar-refractivity contribution < 1.29 is 8.42 Å². The highest BCUT2D eigenvalue weighted by Crippen LogP contribution is 2.15. The first-order chi connectivity index (χ1) is 6.74. The van der Waals surface area contributed by atoms with Crippen molar-refractivity contribution in [2.45, 2.75) is 18.6 Å². The molecule has 0 fully saturated rings. The second kappa shape index (κ2) is 5.37. The van der Waals surface area contributed by atoms with E-state index in [0.29, 0.717) is 5.17 Å². The molecule has 0 heterocycles. The number of amidine groups is 1. The molecule has 0 spiro atoms. The fourth-order valence-corrected chi connectivity index (χ4v) is 1.22. The van der Waals surface area contributed by atoms with Crippen LogP contribution in [0.4, 0.5) is 0 Å². The van der Waals surface area contributed by atoms with Gasteiger partial charge in [0.2, 0.25) is 0 Å². The lowest BCUT2D eigenvalue weighted by molar-refractivity contribution is 0.555. The molecule has 0 aromatic carbocycles. The minimum Gasteiger partial charge on any atom is -0.272 e. The van der Waals surface area contributed by atoms with E-state index < -0.39 is 14.6 Å². The topological polar surface area (TPSA) is 82.3 Å². The summed E-state index contributed by atoms with van der Waals surface area (Å²) >= 11 is 1.27. The Hall–Kier alpha value is -0.740. The summed E-state index contributed by atoms with van der Waals surface area (Å²) in [5.41, 5.74) is 0. The van der Waals surface area contributed by atoms with Crippen molar-refractivity contribution >= 4 is 26.8 Å². The Balaban J connectivity index is 4.70. The molecule has 0 saturated heterocycles. The van der Waals surface area contributed by atoms with Crippen LogP contribution in [-0.4, -0.2) is 37.4 Å². The van der Waals surface area contributed by atoms with E-state index in [2.05, 4.69) is 10.3 Å². The summed E-state index contributed by atoms with van der Waals surface area (Å²) in [6.07, 6.45) is 4.68. The van der Waals surface area contributed by atoms with Gasteiger partial charge in [0.25, 0.3) is 0 Å². The van der Waals surface area contributed by atoms with Gasteiger partial charge in [0.15, 0.2) is 21.2 Å². The third kappa shape index (κ3) is 4.53. The summed E-state index contributed by atoms with van der Waals surface area (Å²) in [4.78, 5) is 4.04. The number of nitrogens with one attached hydrogen (secondary N) is 1. The molecule has 1 N–H and O–H groups in total.